The molecule has 0 unspecified atom stereocenters. The van der Waals surface area contributed by atoms with Gasteiger partial charge in [0, 0.05) is 25.6 Å². The molecule has 2 aliphatic rings. The first kappa shape index (κ1) is 22.2. The number of hydrogen-bond donors (Lipinski definition) is 0. The fraction of sp³-hybridized carbons (Fsp3) is 0.500. The fourth-order valence-electron chi connectivity index (χ4n) is 3.90. The van der Waals surface area contributed by atoms with Crippen LogP contribution in [-0.4, -0.2) is 60.7 Å². The quantitative estimate of drug-likeness (QED) is 0.651. The first-order valence-corrected chi connectivity index (χ1v) is 11.2. The smallest absolute Gasteiger partial charge is 0.338 e. The molecule has 1 aromatic rings. The molecule has 0 radical (unpaired) electrons. The van der Waals surface area contributed by atoms with E-state index in [9.17, 15) is 31.2 Å². The Morgan fingerprint density at radius 2 is 2.07 bits per heavy atom. The predicted octanol–water partition coefficient (Wildman–Crippen LogP) is 1.70. The average molecular weight is 442 g/mol. The van der Waals surface area contributed by atoms with E-state index in [0.29, 0.717) is 12.0 Å². The lowest BCUT2D eigenvalue weighted by molar-refractivity contribution is -0.138. The van der Waals surface area contributed by atoms with Crippen LogP contribution in [0.2, 0.25) is 0 Å². The van der Waals surface area contributed by atoms with Gasteiger partial charge < -0.3 is 9.80 Å². The number of amides is 2. The SMILES string of the molecule is C#CCN(C(=O)[C@@H]1CC(=O)N(Cc2cccc(C(F)(F)F)c2)C1)[C@H]1CCS(=O)(=O)C1. The van der Waals surface area contributed by atoms with E-state index in [1.54, 1.807) is 0 Å². The average Bonchev–Trinajstić information content (AvgIpc) is 3.21. The summed E-state index contributed by atoms with van der Waals surface area (Å²) in [6.07, 6.45) is 1.07. The number of alkyl halides is 3. The minimum Gasteiger partial charge on any atom is -0.338 e. The molecule has 0 spiro atoms. The van der Waals surface area contributed by atoms with Crippen LogP contribution in [-0.2, 0) is 32.1 Å². The molecule has 1 aromatic carbocycles. The molecule has 2 saturated heterocycles. The molecule has 3 rings (SSSR count). The zero-order valence-corrected chi connectivity index (χ0v) is 16.9. The summed E-state index contributed by atoms with van der Waals surface area (Å²) < 4.78 is 62.2. The minimum atomic E-state index is -4.49. The van der Waals surface area contributed by atoms with E-state index < -0.39 is 39.4 Å². The highest BCUT2D eigenvalue weighted by Crippen LogP contribution is 2.31. The van der Waals surface area contributed by atoms with E-state index in [1.165, 1.54) is 21.9 Å². The Labute approximate surface area is 172 Å². The van der Waals surface area contributed by atoms with Crippen LogP contribution in [0.4, 0.5) is 13.2 Å². The standard InChI is InChI=1S/C20H21F3N2O4S/c1-2-7-25(17-6-8-30(28,29)13-17)19(27)15-10-18(26)24(12-15)11-14-4-3-5-16(9-14)20(21,22)23/h1,3-5,9,15,17H,6-8,10-13H2/t15-,17+/m1/s1. The van der Waals surface area contributed by atoms with Gasteiger partial charge in [-0.25, -0.2) is 8.42 Å². The second kappa shape index (κ2) is 8.30. The summed E-state index contributed by atoms with van der Waals surface area (Å²) in [5.74, 6) is 0.746. The van der Waals surface area contributed by atoms with Crippen molar-refractivity contribution in [3.05, 3.63) is 35.4 Å². The predicted molar refractivity (Wildman–Crippen MR) is 103 cm³/mol. The van der Waals surface area contributed by atoms with Crippen molar-refractivity contribution < 1.29 is 31.2 Å². The lowest BCUT2D eigenvalue weighted by Crippen LogP contribution is -2.45. The molecule has 2 heterocycles. The summed E-state index contributed by atoms with van der Waals surface area (Å²) in [5.41, 5.74) is -0.490. The van der Waals surface area contributed by atoms with Gasteiger partial charge >= 0.3 is 6.18 Å². The number of rotatable bonds is 5. The van der Waals surface area contributed by atoms with Gasteiger partial charge in [-0.15, -0.1) is 6.42 Å². The largest absolute Gasteiger partial charge is 0.416 e. The lowest BCUT2D eigenvalue weighted by Gasteiger charge is -2.28. The number of likely N-dealkylation sites (tertiary alicyclic amines) is 1. The minimum absolute atomic E-state index is 0.0166. The van der Waals surface area contributed by atoms with Gasteiger partial charge in [0.25, 0.3) is 0 Å². The maximum Gasteiger partial charge on any atom is 0.416 e. The Morgan fingerprint density at radius 3 is 2.67 bits per heavy atom. The van der Waals surface area contributed by atoms with Crippen LogP contribution in [0.25, 0.3) is 0 Å². The molecule has 2 fully saturated rings. The third-order valence-corrected chi connectivity index (χ3v) is 7.14. The topological polar surface area (TPSA) is 74.8 Å². The third-order valence-electron chi connectivity index (χ3n) is 5.39. The van der Waals surface area contributed by atoms with E-state index in [4.69, 9.17) is 6.42 Å². The number of carbonyl (C=O) groups is 2. The van der Waals surface area contributed by atoms with E-state index in [1.807, 2.05) is 0 Å². The third kappa shape index (κ3) is 4.95. The number of benzene rings is 1. The number of hydrogen-bond acceptors (Lipinski definition) is 4. The number of carbonyl (C=O) groups excluding carboxylic acids is 2. The molecule has 162 valence electrons. The second-order valence-corrected chi connectivity index (χ2v) is 9.83. The molecule has 2 aliphatic heterocycles. The van der Waals surface area contributed by atoms with Crippen LogP contribution in [0.15, 0.2) is 24.3 Å². The van der Waals surface area contributed by atoms with Gasteiger partial charge in [-0.05, 0) is 24.1 Å². The normalized spacial score (nSPS) is 23.4. The number of sulfone groups is 1. The summed E-state index contributed by atoms with van der Waals surface area (Å²) in [6.45, 7) is -0.0503. The molecule has 0 saturated carbocycles. The number of terminal acetylenes is 1. The van der Waals surface area contributed by atoms with Gasteiger partial charge in [0.05, 0.1) is 29.5 Å². The van der Waals surface area contributed by atoms with Gasteiger partial charge in [0.2, 0.25) is 11.8 Å². The van der Waals surface area contributed by atoms with Crippen molar-refractivity contribution in [3.63, 3.8) is 0 Å². The Hall–Kier alpha value is -2.54. The van der Waals surface area contributed by atoms with E-state index in [2.05, 4.69) is 5.92 Å². The monoisotopic (exact) mass is 442 g/mol. The molecule has 0 N–H and O–H groups in total. The summed E-state index contributed by atoms with van der Waals surface area (Å²) in [7, 11) is -3.23. The zero-order chi connectivity index (χ0) is 22.1. The summed E-state index contributed by atoms with van der Waals surface area (Å²) >= 11 is 0. The van der Waals surface area contributed by atoms with Gasteiger partial charge in [0.15, 0.2) is 9.84 Å². The van der Waals surface area contributed by atoms with Crippen LogP contribution in [0.5, 0.6) is 0 Å². The van der Waals surface area contributed by atoms with Crippen molar-refractivity contribution in [1.29, 1.82) is 0 Å². The first-order valence-electron chi connectivity index (χ1n) is 9.38. The van der Waals surface area contributed by atoms with Gasteiger partial charge in [0.1, 0.15) is 0 Å². The molecule has 6 nitrogen and oxygen atoms in total. The van der Waals surface area contributed by atoms with Crippen molar-refractivity contribution in [2.45, 2.75) is 31.6 Å². The first-order chi connectivity index (χ1) is 14.0. The summed E-state index contributed by atoms with van der Waals surface area (Å²) in [6, 6.07) is 4.18. The Balaban J connectivity index is 1.70. The molecule has 0 aliphatic carbocycles. The maximum atomic E-state index is 13.0. The van der Waals surface area contributed by atoms with Crippen LogP contribution >= 0.6 is 0 Å². The zero-order valence-electron chi connectivity index (χ0n) is 16.1. The van der Waals surface area contributed by atoms with Gasteiger partial charge in [-0.3, -0.25) is 9.59 Å². The molecule has 2 amide bonds. The number of nitrogens with zero attached hydrogens (tertiary/aromatic N) is 2. The highest BCUT2D eigenvalue weighted by atomic mass is 32.2. The van der Waals surface area contributed by atoms with Crippen molar-refractivity contribution >= 4 is 21.7 Å². The number of halogens is 3. The highest BCUT2D eigenvalue weighted by Gasteiger charge is 2.41. The molecule has 0 bridgehead atoms. The van der Waals surface area contributed by atoms with Crippen molar-refractivity contribution in [2.75, 3.05) is 24.6 Å². The van der Waals surface area contributed by atoms with Gasteiger partial charge in [-0.2, -0.15) is 13.2 Å². The van der Waals surface area contributed by atoms with Crippen LogP contribution in [0, 0.1) is 18.3 Å². The van der Waals surface area contributed by atoms with Crippen LogP contribution in [0.3, 0.4) is 0 Å². The lowest BCUT2D eigenvalue weighted by atomic mass is 10.1. The molecular formula is C20H21F3N2O4S. The van der Waals surface area contributed by atoms with E-state index >= 15 is 0 Å². The maximum absolute atomic E-state index is 13.0. The van der Waals surface area contributed by atoms with Crippen LogP contribution < -0.4 is 0 Å². The summed E-state index contributed by atoms with van der Waals surface area (Å²) in [4.78, 5) is 28.0. The molecule has 10 heteroatoms. The van der Waals surface area contributed by atoms with Crippen LogP contribution in [0.1, 0.15) is 24.0 Å². The highest BCUT2D eigenvalue weighted by molar-refractivity contribution is 7.91. The van der Waals surface area contributed by atoms with Crippen molar-refractivity contribution in [3.8, 4) is 12.3 Å². The molecule has 2 atom stereocenters. The Bertz CT molecular complexity index is 985. The van der Waals surface area contributed by atoms with E-state index in [-0.39, 0.29) is 43.5 Å². The molecule has 30 heavy (non-hydrogen) atoms. The van der Waals surface area contributed by atoms with E-state index in [0.717, 1.165) is 12.1 Å². The molecule has 0 aromatic heterocycles. The summed E-state index contributed by atoms with van der Waals surface area (Å²) in [5, 5.41) is 0. The Kier molecular flexibility index (Phi) is 6.13. The van der Waals surface area contributed by atoms with Gasteiger partial charge in [-0.1, -0.05) is 18.1 Å². The second-order valence-electron chi connectivity index (χ2n) is 7.60. The molecular weight excluding hydrogens is 421 g/mol. The van der Waals surface area contributed by atoms with Crippen molar-refractivity contribution in [2.24, 2.45) is 5.92 Å². The Morgan fingerprint density at radius 1 is 1.33 bits per heavy atom. The fourth-order valence-corrected chi connectivity index (χ4v) is 5.63. The van der Waals surface area contributed by atoms with Crippen molar-refractivity contribution in [1.82, 2.24) is 9.80 Å².